The molecule has 0 saturated heterocycles. The van der Waals surface area contributed by atoms with Gasteiger partial charge in [-0.2, -0.15) is 5.26 Å². The van der Waals surface area contributed by atoms with E-state index in [-0.39, 0.29) is 11.7 Å². The number of carbonyl (C=O) groups is 1. The average Bonchev–Trinajstić information content (AvgIpc) is 3.42. The molecular weight excluding hydrogens is 458 g/mol. The second-order valence-electron chi connectivity index (χ2n) is 8.34. The third-order valence-corrected chi connectivity index (χ3v) is 9.57. The van der Waals surface area contributed by atoms with E-state index in [1.807, 2.05) is 23.0 Å². The molecule has 6 nitrogen and oxygen atoms in total. The van der Waals surface area contributed by atoms with Gasteiger partial charge in [-0.3, -0.25) is 4.79 Å². The molecule has 3 aromatic heterocycles. The predicted octanol–water partition coefficient (Wildman–Crippen LogP) is 5.36. The topological polar surface area (TPSA) is 83.6 Å². The third kappa shape index (κ3) is 4.12. The van der Waals surface area contributed by atoms with Crippen molar-refractivity contribution in [3.8, 4) is 17.5 Å². The van der Waals surface area contributed by atoms with Crippen molar-refractivity contribution in [3.05, 3.63) is 31.8 Å². The van der Waals surface area contributed by atoms with Crippen molar-refractivity contribution >= 4 is 45.3 Å². The van der Waals surface area contributed by atoms with Crippen LogP contribution in [0.1, 0.15) is 58.5 Å². The Labute approximate surface area is 200 Å². The Hall–Kier alpha value is -2.15. The van der Waals surface area contributed by atoms with Crippen molar-refractivity contribution in [2.45, 2.75) is 62.9 Å². The lowest BCUT2D eigenvalue weighted by atomic mass is 9.96. The molecule has 1 amide bonds. The Balaban J connectivity index is 1.27. The Morgan fingerprint density at radius 3 is 2.75 bits per heavy atom. The lowest BCUT2D eigenvalue weighted by molar-refractivity contribution is -0.113. The van der Waals surface area contributed by atoms with E-state index in [2.05, 4.69) is 27.0 Å². The van der Waals surface area contributed by atoms with Gasteiger partial charge in [0.05, 0.1) is 11.3 Å². The SMILES string of the molecule is Cn1c(SCC(=O)Nc2sc3c(c2C#N)CCCCC3)nnc1-c1csc2c1CCCC2. The first-order chi connectivity index (χ1) is 15.7. The number of aromatic nitrogens is 3. The van der Waals surface area contributed by atoms with Crippen LogP contribution in [0, 0.1) is 11.3 Å². The van der Waals surface area contributed by atoms with Crippen LogP contribution in [0.3, 0.4) is 0 Å². The molecule has 0 atom stereocenters. The smallest absolute Gasteiger partial charge is 0.235 e. The normalized spacial score (nSPS) is 15.5. The molecule has 9 heteroatoms. The molecule has 0 aromatic carbocycles. The summed E-state index contributed by atoms with van der Waals surface area (Å²) < 4.78 is 1.99. The van der Waals surface area contributed by atoms with Gasteiger partial charge in [0.25, 0.3) is 0 Å². The van der Waals surface area contributed by atoms with Gasteiger partial charge in [0.1, 0.15) is 11.1 Å². The van der Waals surface area contributed by atoms with Crippen LogP contribution in [0.5, 0.6) is 0 Å². The molecule has 3 heterocycles. The zero-order valence-electron chi connectivity index (χ0n) is 18.1. The molecule has 0 unspecified atom stereocenters. The monoisotopic (exact) mass is 483 g/mol. The second kappa shape index (κ2) is 9.38. The number of hydrogen-bond donors (Lipinski definition) is 1. The quantitative estimate of drug-likeness (QED) is 0.390. The molecule has 0 spiro atoms. The molecule has 166 valence electrons. The van der Waals surface area contributed by atoms with Gasteiger partial charge in [0, 0.05) is 27.7 Å². The van der Waals surface area contributed by atoms with Gasteiger partial charge in [-0.25, -0.2) is 0 Å². The highest BCUT2D eigenvalue weighted by Gasteiger charge is 2.23. The van der Waals surface area contributed by atoms with Gasteiger partial charge in [0.2, 0.25) is 5.91 Å². The number of hydrogen-bond acceptors (Lipinski definition) is 7. The van der Waals surface area contributed by atoms with Crippen LogP contribution in [0.4, 0.5) is 5.00 Å². The van der Waals surface area contributed by atoms with Crippen molar-refractivity contribution in [2.24, 2.45) is 7.05 Å². The van der Waals surface area contributed by atoms with Crippen molar-refractivity contribution in [1.82, 2.24) is 14.8 Å². The molecule has 0 fully saturated rings. The van der Waals surface area contributed by atoms with E-state index in [0.717, 1.165) is 55.1 Å². The highest BCUT2D eigenvalue weighted by atomic mass is 32.2. The molecule has 5 rings (SSSR count). The molecule has 0 aliphatic heterocycles. The minimum absolute atomic E-state index is 0.111. The number of thiophene rings is 2. The first-order valence-corrected chi connectivity index (χ1v) is 13.8. The summed E-state index contributed by atoms with van der Waals surface area (Å²) in [5, 5.41) is 25.1. The number of nitrogens with zero attached hydrogens (tertiary/aromatic N) is 4. The minimum atomic E-state index is -0.111. The number of thioether (sulfide) groups is 1. The average molecular weight is 484 g/mol. The third-order valence-electron chi connectivity index (χ3n) is 6.26. The van der Waals surface area contributed by atoms with Crippen LogP contribution in [0.2, 0.25) is 0 Å². The molecule has 3 aromatic rings. The zero-order valence-corrected chi connectivity index (χ0v) is 20.5. The number of carbonyl (C=O) groups excluding carboxylic acids is 1. The summed E-state index contributed by atoms with van der Waals surface area (Å²) in [6.07, 6.45) is 10.2. The number of amides is 1. The summed E-state index contributed by atoms with van der Waals surface area (Å²) in [7, 11) is 1.96. The standard InChI is InChI=1S/C23H25N5OS3/c1-28-21(17-12-30-18-9-6-5-8-15(17)18)26-27-23(28)31-13-20(29)25-22-16(11-24)14-7-3-2-4-10-19(14)32-22/h12H,2-10,13H2,1H3,(H,25,29). The van der Waals surface area contributed by atoms with Crippen LogP contribution in [-0.2, 0) is 37.5 Å². The first kappa shape index (κ1) is 21.7. The summed E-state index contributed by atoms with van der Waals surface area (Å²) in [5.41, 5.74) is 4.42. The second-order valence-corrected chi connectivity index (χ2v) is 11.4. The number of anilines is 1. The van der Waals surface area contributed by atoms with Crippen LogP contribution >= 0.6 is 34.4 Å². The Morgan fingerprint density at radius 1 is 1.12 bits per heavy atom. The lowest BCUT2D eigenvalue weighted by Crippen LogP contribution is -2.14. The largest absolute Gasteiger partial charge is 0.316 e. The van der Waals surface area contributed by atoms with E-state index in [1.165, 1.54) is 51.9 Å². The van der Waals surface area contributed by atoms with Gasteiger partial charge in [-0.15, -0.1) is 32.9 Å². The molecule has 1 N–H and O–H groups in total. The molecule has 2 aliphatic carbocycles. The van der Waals surface area contributed by atoms with E-state index in [1.54, 1.807) is 11.3 Å². The van der Waals surface area contributed by atoms with Crippen molar-refractivity contribution in [1.29, 1.82) is 5.26 Å². The number of nitriles is 1. The van der Waals surface area contributed by atoms with Crippen molar-refractivity contribution in [3.63, 3.8) is 0 Å². The van der Waals surface area contributed by atoms with Gasteiger partial charge < -0.3 is 9.88 Å². The molecule has 0 bridgehead atoms. The fourth-order valence-corrected chi connectivity index (χ4v) is 7.69. The summed E-state index contributed by atoms with van der Waals surface area (Å²) in [5.74, 6) is 1.00. The van der Waals surface area contributed by atoms with Crippen molar-refractivity contribution in [2.75, 3.05) is 11.1 Å². The lowest BCUT2D eigenvalue weighted by Gasteiger charge is -2.12. The fraction of sp³-hybridized carbons (Fsp3) is 0.478. The highest BCUT2D eigenvalue weighted by molar-refractivity contribution is 7.99. The maximum absolute atomic E-state index is 12.7. The van der Waals surface area contributed by atoms with Gasteiger partial charge in [-0.05, 0) is 62.5 Å². The van der Waals surface area contributed by atoms with E-state index >= 15 is 0 Å². The molecule has 2 aliphatic rings. The van der Waals surface area contributed by atoms with Crippen molar-refractivity contribution < 1.29 is 4.79 Å². The van der Waals surface area contributed by atoms with E-state index in [4.69, 9.17) is 0 Å². The minimum Gasteiger partial charge on any atom is -0.316 e. The highest BCUT2D eigenvalue weighted by Crippen LogP contribution is 2.38. The number of rotatable bonds is 5. The van der Waals surface area contributed by atoms with E-state index in [0.29, 0.717) is 10.6 Å². The molecule has 0 saturated carbocycles. The van der Waals surface area contributed by atoms with Crippen LogP contribution in [0.25, 0.3) is 11.4 Å². The Morgan fingerprint density at radius 2 is 1.88 bits per heavy atom. The van der Waals surface area contributed by atoms with E-state index in [9.17, 15) is 10.1 Å². The molecule has 0 radical (unpaired) electrons. The summed E-state index contributed by atoms with van der Waals surface area (Å²) in [4.78, 5) is 15.4. The summed E-state index contributed by atoms with van der Waals surface area (Å²) >= 11 is 4.78. The van der Waals surface area contributed by atoms with Gasteiger partial charge in [0.15, 0.2) is 11.0 Å². The van der Waals surface area contributed by atoms with E-state index < -0.39 is 0 Å². The maximum Gasteiger partial charge on any atom is 0.235 e. The zero-order chi connectivity index (χ0) is 22.1. The molecular formula is C23H25N5OS3. The Kier molecular flexibility index (Phi) is 6.35. The first-order valence-electron chi connectivity index (χ1n) is 11.1. The Bertz CT molecular complexity index is 1200. The summed E-state index contributed by atoms with van der Waals surface area (Å²) in [6, 6.07) is 2.33. The number of aryl methyl sites for hydroxylation is 2. The number of fused-ring (bicyclic) bond motifs is 2. The van der Waals surface area contributed by atoms with Gasteiger partial charge >= 0.3 is 0 Å². The summed E-state index contributed by atoms with van der Waals surface area (Å²) in [6.45, 7) is 0. The fourth-order valence-electron chi connectivity index (χ4n) is 4.60. The van der Waals surface area contributed by atoms with Crippen LogP contribution in [0.15, 0.2) is 10.5 Å². The molecule has 32 heavy (non-hydrogen) atoms. The predicted molar refractivity (Wildman–Crippen MR) is 131 cm³/mol. The number of nitrogens with one attached hydrogen (secondary N) is 1. The van der Waals surface area contributed by atoms with Gasteiger partial charge in [-0.1, -0.05) is 18.2 Å². The maximum atomic E-state index is 12.7. The van der Waals surface area contributed by atoms with Crippen LogP contribution < -0.4 is 5.32 Å². The van der Waals surface area contributed by atoms with Crippen LogP contribution in [-0.4, -0.2) is 26.4 Å².